The molecule has 1 N–H and O–H groups in total. The van der Waals surface area contributed by atoms with Crippen LogP contribution < -0.4 is 0 Å². The molecule has 0 rings (SSSR count). The number of hydrogen-bond acceptors (Lipinski definition) is 3. The van der Waals surface area contributed by atoms with Crippen molar-refractivity contribution in [3.05, 3.63) is 12.2 Å². The van der Waals surface area contributed by atoms with Gasteiger partial charge in [0.1, 0.15) is 0 Å². The van der Waals surface area contributed by atoms with Crippen molar-refractivity contribution in [3.8, 4) is 0 Å². The van der Waals surface area contributed by atoms with Crippen LogP contribution in [0.25, 0.3) is 0 Å². The number of amides is 1. The molecule has 0 bridgehead atoms. The molecular formula is C21H42NNaO4S. The second kappa shape index (κ2) is 20.4. The first-order chi connectivity index (χ1) is 12.9. The summed E-state index contributed by atoms with van der Waals surface area (Å²) in [6.45, 7) is 2.29. The van der Waals surface area contributed by atoms with Gasteiger partial charge in [-0.2, -0.15) is 8.42 Å². The Kier molecular flexibility index (Phi) is 22.1. The van der Waals surface area contributed by atoms with E-state index in [2.05, 4.69) is 19.1 Å². The fraction of sp³-hybridized carbons (Fsp3) is 0.857. The molecule has 0 aromatic carbocycles. The van der Waals surface area contributed by atoms with E-state index in [1.165, 1.54) is 62.7 Å². The van der Waals surface area contributed by atoms with Gasteiger partial charge >= 0.3 is 29.6 Å². The van der Waals surface area contributed by atoms with Gasteiger partial charge in [-0.15, -0.1) is 0 Å². The summed E-state index contributed by atoms with van der Waals surface area (Å²) < 4.78 is 30.1. The van der Waals surface area contributed by atoms with E-state index in [-0.39, 0.29) is 42.0 Å². The molecule has 0 saturated heterocycles. The third-order valence-corrected chi connectivity index (χ3v) is 5.46. The van der Waals surface area contributed by atoms with Crippen LogP contribution in [0.3, 0.4) is 0 Å². The average Bonchev–Trinajstić information content (AvgIpc) is 2.62. The van der Waals surface area contributed by atoms with Gasteiger partial charge in [0.2, 0.25) is 5.91 Å². The molecule has 0 atom stereocenters. The van der Waals surface area contributed by atoms with E-state index in [9.17, 15) is 13.2 Å². The second-order valence-electron chi connectivity index (χ2n) is 7.44. The van der Waals surface area contributed by atoms with E-state index in [0.717, 1.165) is 25.7 Å². The van der Waals surface area contributed by atoms with Gasteiger partial charge in [-0.1, -0.05) is 70.4 Å². The number of allylic oxidation sites excluding steroid dienone is 2. The monoisotopic (exact) mass is 427 g/mol. The molecule has 0 aromatic rings. The van der Waals surface area contributed by atoms with Gasteiger partial charge in [-0.05, 0) is 32.1 Å². The summed E-state index contributed by atoms with van der Waals surface area (Å²) >= 11 is 0. The van der Waals surface area contributed by atoms with Crippen LogP contribution in [-0.2, 0) is 14.9 Å². The third-order valence-electron chi connectivity index (χ3n) is 4.76. The Morgan fingerprint density at radius 3 is 1.82 bits per heavy atom. The van der Waals surface area contributed by atoms with E-state index in [4.69, 9.17) is 4.55 Å². The molecule has 5 nitrogen and oxygen atoms in total. The van der Waals surface area contributed by atoms with Gasteiger partial charge in [0.25, 0.3) is 10.1 Å². The molecular weight excluding hydrogens is 385 g/mol. The van der Waals surface area contributed by atoms with Crippen LogP contribution in [0.2, 0.25) is 0 Å². The molecule has 28 heavy (non-hydrogen) atoms. The fourth-order valence-electron chi connectivity index (χ4n) is 2.91. The summed E-state index contributed by atoms with van der Waals surface area (Å²) in [6.07, 6.45) is 20.9. The van der Waals surface area contributed by atoms with E-state index in [0.29, 0.717) is 6.42 Å². The van der Waals surface area contributed by atoms with E-state index in [1.807, 2.05) is 0 Å². The normalized spacial score (nSPS) is 11.5. The van der Waals surface area contributed by atoms with Crippen molar-refractivity contribution in [3.63, 3.8) is 0 Å². The van der Waals surface area contributed by atoms with E-state index >= 15 is 0 Å². The maximum absolute atomic E-state index is 11.8. The van der Waals surface area contributed by atoms with Crippen LogP contribution in [0.15, 0.2) is 12.2 Å². The van der Waals surface area contributed by atoms with Crippen molar-refractivity contribution in [2.75, 3.05) is 19.3 Å². The molecule has 0 spiro atoms. The first kappa shape index (κ1) is 30.3. The summed E-state index contributed by atoms with van der Waals surface area (Å²) in [4.78, 5) is 13.2. The molecule has 0 aliphatic carbocycles. The molecule has 1 amide bonds. The first-order valence-corrected chi connectivity index (χ1v) is 12.3. The number of hydrogen-bond donors (Lipinski definition) is 1. The van der Waals surface area contributed by atoms with Gasteiger partial charge in [-0.3, -0.25) is 9.35 Å². The van der Waals surface area contributed by atoms with Crippen molar-refractivity contribution in [1.82, 2.24) is 4.90 Å². The van der Waals surface area contributed by atoms with Gasteiger partial charge in [-0.25, -0.2) is 0 Å². The molecule has 162 valence electrons. The zero-order chi connectivity index (χ0) is 20.4. The van der Waals surface area contributed by atoms with Crippen molar-refractivity contribution < 1.29 is 17.8 Å². The number of rotatable bonds is 18. The Labute approximate surface area is 195 Å². The molecule has 0 fully saturated rings. The molecule has 0 aromatic heterocycles. The zero-order valence-corrected chi connectivity index (χ0v) is 18.3. The number of carbonyl (C=O) groups is 1. The average molecular weight is 428 g/mol. The standard InChI is InChI=1S/C21H41NO4S.Na.H/c1-3-4-5-6-7-8-9-10-11-12-13-14-15-16-17-18-21(23)22(2)19-20-27(24,25)26;;/h10-11H,3-9,12-20H2,1-2H3,(H,24,25,26);;/b11-10-;;. The zero-order valence-electron chi connectivity index (χ0n) is 17.5. The quantitative estimate of drug-likeness (QED) is 0.149. The summed E-state index contributed by atoms with van der Waals surface area (Å²) in [7, 11) is -2.43. The first-order valence-electron chi connectivity index (χ1n) is 10.7. The minimum atomic E-state index is -4.00. The third kappa shape index (κ3) is 22.4. The fourth-order valence-corrected chi connectivity index (χ4v) is 3.42. The number of carbonyl (C=O) groups excluding carboxylic acids is 1. The molecule has 0 aliphatic heterocycles. The summed E-state index contributed by atoms with van der Waals surface area (Å²) in [5.41, 5.74) is 0. The van der Waals surface area contributed by atoms with Gasteiger partial charge in [0.05, 0.1) is 5.75 Å². The molecule has 0 unspecified atom stereocenters. The molecule has 0 aliphatic rings. The van der Waals surface area contributed by atoms with Crippen molar-refractivity contribution in [1.29, 1.82) is 0 Å². The number of unbranched alkanes of at least 4 members (excludes halogenated alkanes) is 11. The topological polar surface area (TPSA) is 74.7 Å². The Bertz CT molecular complexity index is 495. The van der Waals surface area contributed by atoms with Gasteiger partial charge in [0.15, 0.2) is 0 Å². The van der Waals surface area contributed by atoms with Crippen molar-refractivity contribution >= 4 is 45.6 Å². The Hall–Kier alpha value is 0.120. The van der Waals surface area contributed by atoms with Crippen LogP contribution in [0.4, 0.5) is 0 Å². The Morgan fingerprint density at radius 2 is 1.32 bits per heavy atom. The summed E-state index contributed by atoms with van der Waals surface area (Å²) in [5, 5.41) is 0. The summed E-state index contributed by atoms with van der Waals surface area (Å²) in [5.74, 6) is -0.460. The predicted molar refractivity (Wildman–Crippen MR) is 121 cm³/mol. The van der Waals surface area contributed by atoms with Crippen molar-refractivity contribution in [2.45, 2.75) is 96.8 Å². The van der Waals surface area contributed by atoms with Crippen LogP contribution >= 0.6 is 0 Å². The van der Waals surface area contributed by atoms with Crippen LogP contribution in [0, 0.1) is 0 Å². The summed E-state index contributed by atoms with van der Waals surface area (Å²) in [6, 6.07) is 0. The van der Waals surface area contributed by atoms with Crippen LogP contribution in [0.1, 0.15) is 96.8 Å². The van der Waals surface area contributed by atoms with Crippen LogP contribution in [-0.4, -0.2) is 72.7 Å². The second-order valence-corrected chi connectivity index (χ2v) is 9.01. The van der Waals surface area contributed by atoms with Gasteiger partial charge < -0.3 is 4.90 Å². The Morgan fingerprint density at radius 1 is 0.857 bits per heavy atom. The molecule has 0 radical (unpaired) electrons. The molecule has 0 saturated carbocycles. The van der Waals surface area contributed by atoms with Crippen LogP contribution in [0.5, 0.6) is 0 Å². The Balaban J connectivity index is 0. The minimum absolute atomic E-state index is 0. The molecule has 7 heteroatoms. The van der Waals surface area contributed by atoms with Crippen molar-refractivity contribution in [2.24, 2.45) is 0 Å². The SMILES string of the molecule is CCCCCCCC/C=C\CCCCCCCC(=O)N(C)CCS(=O)(=O)O.[NaH]. The molecule has 0 heterocycles. The van der Waals surface area contributed by atoms with E-state index in [1.54, 1.807) is 7.05 Å². The number of nitrogens with zero attached hydrogens (tertiary/aromatic N) is 1. The van der Waals surface area contributed by atoms with E-state index < -0.39 is 15.9 Å². The van der Waals surface area contributed by atoms with Gasteiger partial charge in [0, 0.05) is 20.0 Å². The maximum atomic E-state index is 11.8. The predicted octanol–water partition coefficient (Wildman–Crippen LogP) is 4.72.